The molecule has 2 aromatic carbocycles. The maximum absolute atomic E-state index is 11.3. The van der Waals surface area contributed by atoms with Gasteiger partial charge in [0.2, 0.25) is 0 Å². The van der Waals surface area contributed by atoms with Crippen LogP contribution in [0, 0.1) is 0 Å². The molecule has 3 aromatic rings. The van der Waals surface area contributed by atoms with Crippen LogP contribution in [0.15, 0.2) is 91.1 Å². The van der Waals surface area contributed by atoms with Crippen molar-refractivity contribution in [2.45, 2.75) is 5.60 Å². The van der Waals surface area contributed by atoms with Crippen LogP contribution >= 0.6 is 0 Å². The zero-order valence-electron chi connectivity index (χ0n) is 12.1. The van der Waals surface area contributed by atoms with Crippen LogP contribution in [-0.4, -0.2) is 10.1 Å². The summed E-state index contributed by atoms with van der Waals surface area (Å²) in [5, 5.41) is 11.3. The van der Waals surface area contributed by atoms with Gasteiger partial charge in [-0.2, -0.15) is 0 Å². The molecule has 2 nitrogen and oxygen atoms in total. The predicted molar refractivity (Wildman–Crippen MR) is 89.2 cm³/mol. The van der Waals surface area contributed by atoms with Crippen molar-refractivity contribution in [2.24, 2.45) is 0 Å². The summed E-state index contributed by atoms with van der Waals surface area (Å²) < 4.78 is 0. The lowest BCUT2D eigenvalue weighted by molar-refractivity contribution is 0.130. The standard InChI is InChI=1S/C20H17NO/c22-20(18-11-5-2-6-12-18,19-13-7-8-16-21-19)15-14-17-9-3-1-4-10-17/h1-16,22H/b15-14+. The summed E-state index contributed by atoms with van der Waals surface area (Å²) >= 11 is 0. The van der Waals surface area contributed by atoms with Crippen LogP contribution in [0.1, 0.15) is 16.8 Å². The molecule has 1 heterocycles. The fourth-order valence-corrected chi connectivity index (χ4v) is 2.39. The molecule has 1 aromatic heterocycles. The maximum Gasteiger partial charge on any atom is 0.150 e. The Hall–Kier alpha value is -2.71. The third kappa shape index (κ3) is 2.97. The van der Waals surface area contributed by atoms with Crippen molar-refractivity contribution in [1.29, 1.82) is 0 Å². The molecule has 0 aliphatic carbocycles. The number of pyridine rings is 1. The van der Waals surface area contributed by atoms with E-state index in [1.807, 2.05) is 84.9 Å². The molecule has 0 saturated heterocycles. The summed E-state index contributed by atoms with van der Waals surface area (Å²) in [5.74, 6) is 0. The molecule has 0 bridgehead atoms. The average Bonchev–Trinajstić information content (AvgIpc) is 2.62. The number of aromatic nitrogens is 1. The Morgan fingerprint density at radius 1 is 0.773 bits per heavy atom. The average molecular weight is 287 g/mol. The number of aliphatic hydroxyl groups is 1. The molecule has 0 radical (unpaired) electrons. The van der Waals surface area contributed by atoms with Gasteiger partial charge in [0.05, 0.1) is 5.69 Å². The molecule has 0 fully saturated rings. The molecule has 0 spiro atoms. The van der Waals surface area contributed by atoms with Crippen molar-refractivity contribution in [3.8, 4) is 0 Å². The lowest BCUT2D eigenvalue weighted by atomic mass is 9.89. The monoisotopic (exact) mass is 287 g/mol. The van der Waals surface area contributed by atoms with Gasteiger partial charge >= 0.3 is 0 Å². The first-order valence-corrected chi connectivity index (χ1v) is 7.23. The molecular weight excluding hydrogens is 270 g/mol. The van der Waals surface area contributed by atoms with Crippen molar-refractivity contribution in [2.75, 3.05) is 0 Å². The largest absolute Gasteiger partial charge is 0.375 e. The summed E-state index contributed by atoms with van der Waals surface area (Å²) in [6.45, 7) is 0. The van der Waals surface area contributed by atoms with Crippen molar-refractivity contribution < 1.29 is 5.11 Å². The van der Waals surface area contributed by atoms with E-state index in [2.05, 4.69) is 4.98 Å². The number of hydrogen-bond acceptors (Lipinski definition) is 2. The second kappa shape index (κ2) is 6.37. The molecule has 1 N–H and O–H groups in total. The second-order valence-corrected chi connectivity index (χ2v) is 5.09. The summed E-state index contributed by atoms with van der Waals surface area (Å²) in [5.41, 5.74) is 1.18. The Bertz CT molecular complexity index is 697. The molecular formula is C20H17NO. The third-order valence-electron chi connectivity index (χ3n) is 3.59. The topological polar surface area (TPSA) is 33.1 Å². The molecule has 0 aliphatic heterocycles. The Labute approximate surface area is 130 Å². The van der Waals surface area contributed by atoms with Crippen LogP contribution in [0.4, 0.5) is 0 Å². The van der Waals surface area contributed by atoms with E-state index in [9.17, 15) is 5.11 Å². The van der Waals surface area contributed by atoms with Gasteiger partial charge in [-0.1, -0.05) is 72.8 Å². The Kier molecular flexibility index (Phi) is 4.12. The van der Waals surface area contributed by atoms with E-state index in [4.69, 9.17) is 0 Å². The molecule has 3 rings (SSSR count). The van der Waals surface area contributed by atoms with Gasteiger partial charge in [-0.25, -0.2) is 0 Å². The molecule has 108 valence electrons. The highest BCUT2D eigenvalue weighted by Crippen LogP contribution is 2.30. The lowest BCUT2D eigenvalue weighted by Gasteiger charge is -2.24. The Morgan fingerprint density at radius 3 is 2.05 bits per heavy atom. The first-order chi connectivity index (χ1) is 10.8. The smallest absolute Gasteiger partial charge is 0.150 e. The van der Waals surface area contributed by atoms with Crippen molar-refractivity contribution in [1.82, 2.24) is 4.98 Å². The predicted octanol–water partition coefficient (Wildman–Crippen LogP) is 4.03. The van der Waals surface area contributed by atoms with Crippen LogP contribution in [-0.2, 0) is 5.60 Å². The molecule has 0 amide bonds. The SMILES string of the molecule is OC(/C=C/c1ccccc1)(c1ccccc1)c1ccccn1. The highest BCUT2D eigenvalue weighted by Gasteiger charge is 2.29. The highest BCUT2D eigenvalue weighted by molar-refractivity contribution is 5.53. The minimum atomic E-state index is -1.25. The van der Waals surface area contributed by atoms with Crippen molar-refractivity contribution in [3.05, 3.63) is 108 Å². The molecule has 2 heteroatoms. The van der Waals surface area contributed by atoms with Gasteiger partial charge < -0.3 is 5.11 Å². The number of rotatable bonds is 4. The van der Waals surface area contributed by atoms with Crippen LogP contribution in [0.3, 0.4) is 0 Å². The van der Waals surface area contributed by atoms with Crippen LogP contribution < -0.4 is 0 Å². The van der Waals surface area contributed by atoms with Gasteiger partial charge in [0, 0.05) is 6.20 Å². The summed E-state index contributed by atoms with van der Waals surface area (Å²) in [6, 6.07) is 25.1. The van der Waals surface area contributed by atoms with Crippen LogP contribution in [0.25, 0.3) is 6.08 Å². The first kappa shape index (κ1) is 14.2. The van der Waals surface area contributed by atoms with E-state index in [0.29, 0.717) is 5.69 Å². The molecule has 1 atom stereocenters. The summed E-state index contributed by atoms with van der Waals surface area (Å²) in [4.78, 5) is 4.34. The zero-order chi connectivity index (χ0) is 15.3. The van der Waals surface area contributed by atoms with Gasteiger partial charge in [-0.3, -0.25) is 4.98 Å². The third-order valence-corrected chi connectivity index (χ3v) is 3.59. The number of hydrogen-bond donors (Lipinski definition) is 1. The van der Waals surface area contributed by atoms with E-state index in [1.54, 1.807) is 12.3 Å². The highest BCUT2D eigenvalue weighted by atomic mass is 16.3. The van der Waals surface area contributed by atoms with Crippen LogP contribution in [0.5, 0.6) is 0 Å². The van der Waals surface area contributed by atoms with Gasteiger partial charge in [0.1, 0.15) is 0 Å². The Balaban J connectivity index is 2.06. The Morgan fingerprint density at radius 2 is 1.41 bits per heavy atom. The van der Waals surface area contributed by atoms with Gasteiger partial charge in [-0.15, -0.1) is 0 Å². The van der Waals surface area contributed by atoms with Crippen LogP contribution in [0.2, 0.25) is 0 Å². The van der Waals surface area contributed by atoms with E-state index in [0.717, 1.165) is 11.1 Å². The minimum Gasteiger partial charge on any atom is -0.375 e. The van der Waals surface area contributed by atoms with Crippen molar-refractivity contribution in [3.63, 3.8) is 0 Å². The number of benzene rings is 2. The molecule has 22 heavy (non-hydrogen) atoms. The molecule has 0 aliphatic rings. The fourth-order valence-electron chi connectivity index (χ4n) is 2.39. The first-order valence-electron chi connectivity index (χ1n) is 7.23. The van der Waals surface area contributed by atoms with E-state index in [-0.39, 0.29) is 0 Å². The normalized spacial score (nSPS) is 13.9. The lowest BCUT2D eigenvalue weighted by Crippen LogP contribution is -2.25. The van der Waals surface area contributed by atoms with Crippen molar-refractivity contribution >= 4 is 6.08 Å². The van der Waals surface area contributed by atoms with Gasteiger partial charge in [0.25, 0.3) is 0 Å². The van der Waals surface area contributed by atoms with Gasteiger partial charge in [-0.05, 0) is 29.3 Å². The van der Waals surface area contributed by atoms with E-state index < -0.39 is 5.60 Å². The minimum absolute atomic E-state index is 0.605. The van der Waals surface area contributed by atoms with E-state index >= 15 is 0 Å². The number of nitrogens with zero attached hydrogens (tertiary/aromatic N) is 1. The summed E-state index contributed by atoms with van der Waals surface area (Å²) in [6.07, 6.45) is 5.40. The fraction of sp³-hybridized carbons (Fsp3) is 0.0500. The zero-order valence-corrected chi connectivity index (χ0v) is 12.1. The molecule has 0 saturated carbocycles. The maximum atomic E-state index is 11.3. The van der Waals surface area contributed by atoms with Gasteiger partial charge in [0.15, 0.2) is 5.60 Å². The quantitative estimate of drug-likeness (QED) is 0.786. The molecule has 1 unspecified atom stereocenters. The summed E-state index contributed by atoms with van der Waals surface area (Å²) in [7, 11) is 0. The second-order valence-electron chi connectivity index (χ2n) is 5.09. The van der Waals surface area contributed by atoms with E-state index in [1.165, 1.54) is 0 Å².